The minimum absolute atomic E-state index is 0.0305. The Kier molecular flexibility index (Phi) is 3.09. The molecule has 0 bridgehead atoms. The highest BCUT2D eigenvalue weighted by Gasteiger charge is 2.22. The number of furan rings is 1. The fourth-order valence-corrected chi connectivity index (χ4v) is 3.20. The zero-order valence-corrected chi connectivity index (χ0v) is 13.9. The molecule has 0 aliphatic heterocycles. The van der Waals surface area contributed by atoms with Gasteiger partial charge in [-0.3, -0.25) is 0 Å². The van der Waals surface area contributed by atoms with Crippen LogP contribution in [-0.4, -0.2) is 15.3 Å². The van der Waals surface area contributed by atoms with Crippen molar-refractivity contribution in [2.45, 2.75) is 0 Å². The molecule has 0 aliphatic rings. The van der Waals surface area contributed by atoms with Crippen LogP contribution < -0.4 is 11.3 Å². The minimum atomic E-state index is -0.883. The molecular weight excluding hydrogens is 368 g/mol. The Balaban J connectivity index is 1.89. The Morgan fingerprint density at radius 3 is 1.96 bits per heavy atom. The molecule has 0 aliphatic carbocycles. The van der Waals surface area contributed by atoms with Crippen molar-refractivity contribution in [3.8, 4) is 28.6 Å². The normalized spacial score (nSPS) is 11.6. The number of rotatable bonds is 1. The fourth-order valence-electron chi connectivity index (χ4n) is 3.20. The average molecular weight is 378 g/mol. The lowest BCUT2D eigenvalue weighted by Gasteiger charge is -2.04. The molecule has 0 atom stereocenters. The molecule has 0 unspecified atom stereocenters. The Hall–Kier alpha value is -4.20. The fraction of sp³-hybridized carbons (Fsp3) is 0. The molecule has 5 rings (SSSR count). The van der Waals surface area contributed by atoms with Gasteiger partial charge >= 0.3 is 11.3 Å². The predicted octanol–water partition coefficient (Wildman–Crippen LogP) is 3.43. The van der Waals surface area contributed by atoms with Crippen LogP contribution in [0.4, 0.5) is 0 Å². The van der Waals surface area contributed by atoms with E-state index >= 15 is 0 Å². The van der Waals surface area contributed by atoms with Gasteiger partial charge in [-0.25, -0.2) is 9.59 Å². The third-order valence-electron chi connectivity index (χ3n) is 4.47. The summed E-state index contributed by atoms with van der Waals surface area (Å²) in [6, 6.07) is 9.28. The number of hydrogen-bond acceptors (Lipinski definition) is 8. The molecule has 0 radical (unpaired) electrons. The number of benzene rings is 2. The summed E-state index contributed by atoms with van der Waals surface area (Å²) in [7, 11) is 0. The molecule has 0 saturated heterocycles. The third kappa shape index (κ3) is 2.18. The van der Waals surface area contributed by atoms with Gasteiger partial charge < -0.3 is 28.6 Å². The third-order valence-corrected chi connectivity index (χ3v) is 4.47. The van der Waals surface area contributed by atoms with Gasteiger partial charge in [0.05, 0.1) is 10.8 Å². The molecule has 3 N–H and O–H groups in total. The summed E-state index contributed by atoms with van der Waals surface area (Å²) in [5, 5.41) is 30.4. The molecule has 2 aromatic carbocycles. The van der Waals surface area contributed by atoms with Gasteiger partial charge in [-0.2, -0.15) is 0 Å². The molecule has 0 saturated carbocycles. The summed E-state index contributed by atoms with van der Waals surface area (Å²) in [6.07, 6.45) is 0. The largest absolute Gasteiger partial charge is 0.508 e. The average Bonchev–Trinajstić information content (AvgIpc) is 3.09. The van der Waals surface area contributed by atoms with Gasteiger partial charge in [0.2, 0.25) is 0 Å². The number of phenols is 2. The molecule has 8 nitrogen and oxygen atoms in total. The lowest BCUT2D eigenvalue weighted by molar-refractivity contribution is 0.461. The lowest BCUT2D eigenvalue weighted by atomic mass is 10.1. The summed E-state index contributed by atoms with van der Waals surface area (Å²) in [4.78, 5) is 24.7. The minimum Gasteiger partial charge on any atom is -0.508 e. The number of hydrogen-bond donors (Lipinski definition) is 3. The van der Waals surface area contributed by atoms with Gasteiger partial charge in [0.1, 0.15) is 45.1 Å². The van der Waals surface area contributed by atoms with E-state index in [1.54, 1.807) is 0 Å². The number of phenolic OH excluding ortho intramolecular Hbond substituents is 2. The van der Waals surface area contributed by atoms with Crippen LogP contribution in [0, 0.1) is 0 Å². The quantitative estimate of drug-likeness (QED) is 0.378. The number of aromatic hydroxyl groups is 3. The van der Waals surface area contributed by atoms with E-state index in [1.807, 2.05) is 0 Å². The summed E-state index contributed by atoms with van der Waals surface area (Å²) in [5.74, 6) is -0.772. The highest BCUT2D eigenvalue weighted by molar-refractivity contribution is 6.03. The molecule has 0 spiro atoms. The van der Waals surface area contributed by atoms with E-state index in [4.69, 9.17) is 13.3 Å². The van der Waals surface area contributed by atoms with E-state index < -0.39 is 17.0 Å². The Morgan fingerprint density at radius 1 is 0.643 bits per heavy atom. The van der Waals surface area contributed by atoms with Gasteiger partial charge in [0.25, 0.3) is 0 Å². The highest BCUT2D eigenvalue weighted by Crippen LogP contribution is 2.38. The zero-order chi connectivity index (χ0) is 19.6. The second-order valence-corrected chi connectivity index (χ2v) is 6.22. The second-order valence-electron chi connectivity index (χ2n) is 6.22. The van der Waals surface area contributed by atoms with Crippen LogP contribution >= 0.6 is 0 Å². The molecule has 0 amide bonds. The van der Waals surface area contributed by atoms with E-state index in [2.05, 4.69) is 0 Å². The van der Waals surface area contributed by atoms with E-state index in [1.165, 1.54) is 42.5 Å². The Morgan fingerprint density at radius 2 is 1.25 bits per heavy atom. The smallest absolute Gasteiger partial charge is 0.351 e. The van der Waals surface area contributed by atoms with Crippen LogP contribution in [0.25, 0.3) is 44.2 Å². The predicted molar refractivity (Wildman–Crippen MR) is 98.7 cm³/mol. The van der Waals surface area contributed by atoms with Crippen molar-refractivity contribution in [3.63, 3.8) is 0 Å². The van der Waals surface area contributed by atoms with Crippen LogP contribution in [-0.2, 0) is 0 Å². The van der Waals surface area contributed by atoms with Crippen LogP contribution in [0.15, 0.2) is 65.3 Å². The van der Waals surface area contributed by atoms with Gasteiger partial charge in [-0.05, 0) is 36.4 Å². The lowest BCUT2D eigenvalue weighted by Crippen LogP contribution is -2.03. The van der Waals surface area contributed by atoms with E-state index in [0.717, 1.165) is 0 Å². The highest BCUT2D eigenvalue weighted by atomic mass is 16.4. The summed E-state index contributed by atoms with van der Waals surface area (Å²) in [6.45, 7) is 0. The molecule has 3 aromatic heterocycles. The van der Waals surface area contributed by atoms with E-state index in [-0.39, 0.29) is 50.3 Å². The van der Waals surface area contributed by atoms with Crippen molar-refractivity contribution in [3.05, 3.63) is 63.3 Å². The van der Waals surface area contributed by atoms with Gasteiger partial charge in [0.15, 0.2) is 5.58 Å². The van der Waals surface area contributed by atoms with Gasteiger partial charge in [-0.15, -0.1) is 0 Å². The number of fused-ring (bicyclic) bond motifs is 4. The monoisotopic (exact) mass is 378 g/mol. The van der Waals surface area contributed by atoms with Crippen LogP contribution in [0.2, 0.25) is 0 Å². The second kappa shape index (κ2) is 5.40. The SMILES string of the molecule is O=c1oc2ccc(O)cc2c(O)c1-c1cc2c(=O)oc3ccc(O)cc3c2o1. The first-order chi connectivity index (χ1) is 13.4. The van der Waals surface area contributed by atoms with Crippen molar-refractivity contribution < 1.29 is 28.6 Å². The molecule has 138 valence electrons. The maximum Gasteiger partial charge on any atom is 0.351 e. The Bertz CT molecular complexity index is 1530. The molecule has 0 fully saturated rings. The maximum absolute atomic E-state index is 12.4. The molecule has 5 aromatic rings. The van der Waals surface area contributed by atoms with Crippen molar-refractivity contribution >= 4 is 32.9 Å². The van der Waals surface area contributed by atoms with Crippen molar-refractivity contribution in [1.29, 1.82) is 0 Å². The van der Waals surface area contributed by atoms with E-state index in [0.29, 0.717) is 5.39 Å². The van der Waals surface area contributed by atoms with Gasteiger partial charge in [-0.1, -0.05) is 0 Å². The summed E-state index contributed by atoms with van der Waals surface area (Å²) >= 11 is 0. The standard InChI is InChI=1S/C20H10O8/c21-8-1-3-13-10(5-8)17(23)16(20(25)28-13)15-7-12-18(26-15)11-6-9(22)2-4-14(11)27-19(12)24/h1-7,21-23H. The van der Waals surface area contributed by atoms with Crippen molar-refractivity contribution in [2.75, 3.05) is 0 Å². The first kappa shape index (κ1) is 16.0. The molecule has 3 heterocycles. The molecule has 8 heteroatoms. The topological polar surface area (TPSA) is 134 Å². The maximum atomic E-state index is 12.4. The zero-order valence-electron chi connectivity index (χ0n) is 13.9. The van der Waals surface area contributed by atoms with Gasteiger partial charge in [0, 0.05) is 6.07 Å². The molecule has 28 heavy (non-hydrogen) atoms. The summed E-state index contributed by atoms with van der Waals surface area (Å²) in [5.41, 5.74) is -1.53. The van der Waals surface area contributed by atoms with Crippen molar-refractivity contribution in [2.24, 2.45) is 0 Å². The molecular formula is C20H10O8. The summed E-state index contributed by atoms with van der Waals surface area (Å²) < 4.78 is 16.1. The first-order valence-electron chi connectivity index (χ1n) is 8.11. The first-order valence-corrected chi connectivity index (χ1v) is 8.11. The van der Waals surface area contributed by atoms with Crippen molar-refractivity contribution in [1.82, 2.24) is 0 Å². The van der Waals surface area contributed by atoms with Crippen LogP contribution in [0.1, 0.15) is 0 Å². The Labute approximate surface area is 154 Å². The van der Waals surface area contributed by atoms with Crippen LogP contribution in [0.5, 0.6) is 17.2 Å². The van der Waals surface area contributed by atoms with E-state index in [9.17, 15) is 24.9 Å². The van der Waals surface area contributed by atoms with Crippen LogP contribution in [0.3, 0.4) is 0 Å².